The summed E-state index contributed by atoms with van der Waals surface area (Å²) in [5.74, 6) is -0.580. The predicted molar refractivity (Wildman–Crippen MR) is 81.6 cm³/mol. The van der Waals surface area contributed by atoms with Crippen molar-refractivity contribution in [2.45, 2.75) is 37.8 Å². The van der Waals surface area contributed by atoms with Crippen LogP contribution in [0.2, 0.25) is 0 Å². The van der Waals surface area contributed by atoms with Gasteiger partial charge in [-0.15, -0.1) is 0 Å². The number of carbonyl (C=O) groups is 2. The third kappa shape index (κ3) is 3.19. The molecule has 1 aromatic heterocycles. The zero-order chi connectivity index (χ0) is 15.5. The molecule has 2 aliphatic rings. The molecule has 0 radical (unpaired) electrons. The number of piperidine rings is 2. The molecule has 2 aliphatic heterocycles. The minimum absolute atomic E-state index is 0.0656. The smallest absolute Gasteiger partial charge is 0.252 e. The highest BCUT2D eigenvalue weighted by Gasteiger charge is 2.26. The average Bonchev–Trinajstić information content (AvgIpc) is 2.51. The van der Waals surface area contributed by atoms with E-state index in [4.69, 9.17) is 0 Å². The highest BCUT2D eigenvalue weighted by Crippen LogP contribution is 2.18. The van der Waals surface area contributed by atoms with Crippen LogP contribution >= 0.6 is 0 Å². The number of aromatic nitrogens is 1. The van der Waals surface area contributed by atoms with Crippen molar-refractivity contribution in [3.05, 3.63) is 28.7 Å². The fourth-order valence-electron chi connectivity index (χ4n) is 3.00. The lowest BCUT2D eigenvalue weighted by Gasteiger charge is -2.26. The Morgan fingerprint density at radius 2 is 1.91 bits per heavy atom. The van der Waals surface area contributed by atoms with Crippen LogP contribution in [0.3, 0.4) is 0 Å². The van der Waals surface area contributed by atoms with Gasteiger partial charge in [0.2, 0.25) is 11.8 Å². The molecule has 0 spiro atoms. The normalized spacial score (nSPS) is 23.2. The minimum atomic E-state index is -0.466. The maximum atomic E-state index is 12.3. The second-order valence-corrected chi connectivity index (χ2v) is 5.79. The molecular weight excluding hydrogens is 284 g/mol. The Balaban J connectivity index is 1.70. The molecule has 0 aliphatic carbocycles. The van der Waals surface area contributed by atoms with Crippen molar-refractivity contribution in [2.75, 3.05) is 18.4 Å². The van der Waals surface area contributed by atoms with Gasteiger partial charge < -0.3 is 15.2 Å². The number of hydrogen-bond donors (Lipinski definition) is 3. The van der Waals surface area contributed by atoms with Gasteiger partial charge in [-0.25, -0.2) is 0 Å². The van der Waals surface area contributed by atoms with Crippen LogP contribution in [0.25, 0.3) is 0 Å². The highest BCUT2D eigenvalue weighted by molar-refractivity contribution is 6.01. The number of imide groups is 1. The largest absolute Gasteiger partial charge is 0.373 e. The predicted octanol–water partition coefficient (Wildman–Crippen LogP) is -0.0101. The van der Waals surface area contributed by atoms with Crippen molar-refractivity contribution in [3.8, 4) is 0 Å². The van der Waals surface area contributed by atoms with Gasteiger partial charge in [0.1, 0.15) is 6.04 Å². The third-order valence-electron chi connectivity index (χ3n) is 4.23. The third-order valence-corrected chi connectivity index (χ3v) is 4.23. The van der Waals surface area contributed by atoms with E-state index in [1.807, 2.05) is 6.07 Å². The number of carbonyl (C=O) groups excluding carboxylic acids is 2. The number of nitrogens with one attached hydrogen (secondary N) is 3. The molecule has 118 valence electrons. The fraction of sp³-hybridized carbons (Fsp3) is 0.533. The molecule has 3 rings (SSSR count). The molecule has 3 N–H and O–H groups in total. The summed E-state index contributed by atoms with van der Waals surface area (Å²) in [6.07, 6.45) is 4.43. The molecule has 0 aromatic carbocycles. The standard InChI is InChI=1S/C15H20N4O3/c20-13-2-1-12(15(22)18-13)17-10-5-8-19(14(21)9-10)11-3-6-16-7-4-11/h5,8-9,11-12,16-17H,1-4,6-7H2,(H,18,20,22)/t12-/m0/s1. The maximum absolute atomic E-state index is 12.3. The quantitative estimate of drug-likeness (QED) is 0.683. The monoisotopic (exact) mass is 304 g/mol. The van der Waals surface area contributed by atoms with E-state index in [0.29, 0.717) is 18.5 Å². The van der Waals surface area contributed by atoms with E-state index in [0.717, 1.165) is 25.9 Å². The van der Waals surface area contributed by atoms with E-state index in [9.17, 15) is 14.4 Å². The number of hydrogen-bond acceptors (Lipinski definition) is 5. The molecule has 0 bridgehead atoms. The van der Waals surface area contributed by atoms with Gasteiger partial charge in [0.25, 0.3) is 5.56 Å². The van der Waals surface area contributed by atoms with Crippen LogP contribution in [-0.4, -0.2) is 35.5 Å². The van der Waals surface area contributed by atoms with E-state index >= 15 is 0 Å². The van der Waals surface area contributed by atoms with Crippen LogP contribution in [0.15, 0.2) is 23.1 Å². The number of anilines is 1. The topological polar surface area (TPSA) is 92.2 Å². The molecule has 2 amide bonds. The molecule has 22 heavy (non-hydrogen) atoms. The molecule has 2 saturated heterocycles. The van der Waals surface area contributed by atoms with Crippen LogP contribution in [0.1, 0.15) is 31.7 Å². The first-order valence-corrected chi connectivity index (χ1v) is 7.66. The van der Waals surface area contributed by atoms with Gasteiger partial charge in [0.15, 0.2) is 0 Å². The first kappa shape index (κ1) is 14.8. The zero-order valence-corrected chi connectivity index (χ0v) is 12.3. The summed E-state index contributed by atoms with van der Waals surface area (Å²) in [7, 11) is 0. The minimum Gasteiger partial charge on any atom is -0.373 e. The van der Waals surface area contributed by atoms with Crippen LogP contribution in [-0.2, 0) is 9.59 Å². The Kier molecular flexibility index (Phi) is 4.24. The number of rotatable bonds is 3. The molecule has 3 heterocycles. The summed E-state index contributed by atoms with van der Waals surface area (Å²) < 4.78 is 1.76. The fourth-order valence-corrected chi connectivity index (χ4v) is 3.00. The molecule has 0 saturated carbocycles. The first-order valence-electron chi connectivity index (χ1n) is 7.66. The van der Waals surface area contributed by atoms with Crippen molar-refractivity contribution in [1.82, 2.24) is 15.2 Å². The van der Waals surface area contributed by atoms with Crippen LogP contribution < -0.4 is 21.5 Å². The van der Waals surface area contributed by atoms with E-state index in [2.05, 4.69) is 16.0 Å². The molecule has 2 fully saturated rings. The molecule has 7 heteroatoms. The molecule has 1 atom stereocenters. The molecular formula is C15H20N4O3. The van der Waals surface area contributed by atoms with Crippen molar-refractivity contribution < 1.29 is 9.59 Å². The zero-order valence-electron chi connectivity index (χ0n) is 12.3. The van der Waals surface area contributed by atoms with Crippen LogP contribution in [0.4, 0.5) is 5.69 Å². The Morgan fingerprint density at radius 3 is 2.59 bits per heavy atom. The Bertz CT molecular complexity index is 634. The Morgan fingerprint density at radius 1 is 1.14 bits per heavy atom. The number of amides is 2. The van der Waals surface area contributed by atoms with Gasteiger partial charge in [-0.3, -0.25) is 19.7 Å². The Labute approximate surface area is 128 Å². The van der Waals surface area contributed by atoms with Gasteiger partial charge in [-0.1, -0.05) is 0 Å². The summed E-state index contributed by atoms with van der Waals surface area (Å²) in [4.78, 5) is 35.1. The number of pyridine rings is 1. The van der Waals surface area contributed by atoms with Crippen molar-refractivity contribution >= 4 is 17.5 Å². The van der Waals surface area contributed by atoms with Gasteiger partial charge in [0, 0.05) is 30.4 Å². The molecule has 7 nitrogen and oxygen atoms in total. The van der Waals surface area contributed by atoms with Crippen molar-refractivity contribution in [1.29, 1.82) is 0 Å². The summed E-state index contributed by atoms with van der Waals surface area (Å²) in [5.41, 5.74) is 0.550. The summed E-state index contributed by atoms with van der Waals surface area (Å²) >= 11 is 0. The van der Waals surface area contributed by atoms with E-state index in [1.54, 1.807) is 10.8 Å². The molecule has 1 aromatic rings. The van der Waals surface area contributed by atoms with Gasteiger partial charge in [-0.2, -0.15) is 0 Å². The second-order valence-electron chi connectivity index (χ2n) is 5.79. The summed E-state index contributed by atoms with van der Waals surface area (Å²) in [6, 6.07) is 3.10. The molecule has 0 unspecified atom stereocenters. The SMILES string of the molecule is O=C1CC[C@H](Nc2ccn(C3CCNCC3)c(=O)c2)C(=O)N1. The van der Waals surface area contributed by atoms with Crippen molar-refractivity contribution in [3.63, 3.8) is 0 Å². The lowest BCUT2D eigenvalue weighted by Crippen LogP contribution is -2.47. The van der Waals surface area contributed by atoms with Crippen molar-refractivity contribution in [2.24, 2.45) is 0 Å². The van der Waals surface area contributed by atoms with E-state index in [1.165, 1.54) is 6.07 Å². The maximum Gasteiger partial charge on any atom is 0.252 e. The highest BCUT2D eigenvalue weighted by atomic mass is 16.2. The lowest BCUT2D eigenvalue weighted by molar-refractivity contribution is -0.133. The van der Waals surface area contributed by atoms with Gasteiger partial charge in [-0.05, 0) is 38.4 Å². The van der Waals surface area contributed by atoms with Gasteiger partial charge >= 0.3 is 0 Å². The van der Waals surface area contributed by atoms with Crippen LogP contribution in [0.5, 0.6) is 0 Å². The average molecular weight is 304 g/mol. The summed E-state index contributed by atoms with van der Waals surface area (Å²) in [6.45, 7) is 1.85. The van der Waals surface area contributed by atoms with E-state index in [-0.39, 0.29) is 23.4 Å². The Hall–Kier alpha value is -2.15. The lowest BCUT2D eigenvalue weighted by atomic mass is 10.1. The second kappa shape index (κ2) is 6.31. The van der Waals surface area contributed by atoms with E-state index < -0.39 is 6.04 Å². The summed E-state index contributed by atoms with van der Waals surface area (Å²) in [5, 5.41) is 8.61. The number of nitrogens with zero attached hydrogens (tertiary/aromatic N) is 1. The van der Waals surface area contributed by atoms with Crippen LogP contribution in [0, 0.1) is 0 Å². The van der Waals surface area contributed by atoms with Gasteiger partial charge in [0.05, 0.1) is 0 Å². The first-order chi connectivity index (χ1) is 10.6.